The van der Waals surface area contributed by atoms with Gasteiger partial charge in [0.15, 0.2) is 17.5 Å². The Morgan fingerprint density at radius 1 is 1.05 bits per heavy atom. The smallest absolute Gasteiger partial charge is 0.168 e. The van der Waals surface area contributed by atoms with Crippen LogP contribution in [0.5, 0.6) is 0 Å². The second-order valence-corrected chi connectivity index (χ2v) is 6.79. The predicted octanol–water partition coefficient (Wildman–Crippen LogP) is 4.85. The van der Waals surface area contributed by atoms with E-state index in [1.54, 1.807) is 7.05 Å². The lowest BCUT2D eigenvalue weighted by molar-refractivity contribution is 0.551. The normalized spacial score (nSPS) is 11.5. The van der Waals surface area contributed by atoms with Gasteiger partial charge in [-0.05, 0) is 23.1 Å². The van der Waals surface area contributed by atoms with Crippen LogP contribution < -0.4 is 5.32 Å². The van der Waals surface area contributed by atoms with E-state index in [0.29, 0.717) is 0 Å². The van der Waals surface area contributed by atoms with Crippen LogP contribution in [-0.2, 0) is 5.41 Å². The molecule has 1 aromatic heterocycles. The maximum Gasteiger partial charge on any atom is 0.168 e. The molecule has 112 valence electrons. The Balaban J connectivity index is 2.26. The first-order chi connectivity index (χ1) is 9.81. The number of halogens is 2. The Labute approximate surface area is 128 Å². The highest BCUT2D eigenvalue weighted by atomic mass is 32.2. The van der Waals surface area contributed by atoms with Gasteiger partial charge >= 0.3 is 0 Å². The number of anilines is 1. The summed E-state index contributed by atoms with van der Waals surface area (Å²) in [5.41, 5.74) is 1.28. The second kappa shape index (κ2) is 6.02. The van der Waals surface area contributed by atoms with Gasteiger partial charge in [-0.3, -0.25) is 0 Å². The molecular weight excluding hydrogens is 290 g/mol. The summed E-state index contributed by atoms with van der Waals surface area (Å²) in [6.45, 7) is 6.40. The molecular formula is C16H18F2N2S. The quantitative estimate of drug-likeness (QED) is 0.877. The zero-order valence-corrected chi connectivity index (χ0v) is 13.3. The van der Waals surface area contributed by atoms with Crippen LogP contribution in [0.4, 0.5) is 14.6 Å². The molecule has 0 aliphatic heterocycles. The van der Waals surface area contributed by atoms with Crippen LogP contribution in [0.2, 0.25) is 0 Å². The third-order valence-corrected chi connectivity index (χ3v) is 4.06. The Morgan fingerprint density at radius 3 is 2.19 bits per heavy atom. The number of pyridine rings is 1. The molecule has 0 unspecified atom stereocenters. The second-order valence-electron chi connectivity index (χ2n) is 5.73. The molecule has 0 saturated carbocycles. The van der Waals surface area contributed by atoms with Crippen molar-refractivity contribution in [3.63, 3.8) is 0 Å². The van der Waals surface area contributed by atoms with Gasteiger partial charge in [0.1, 0.15) is 5.03 Å². The fraction of sp³-hybridized carbons (Fsp3) is 0.312. The SMILES string of the molecule is CNc1nc(Sc2ccc(C(C)(C)C)cc2)c(F)cc1F. The number of benzene rings is 1. The number of rotatable bonds is 3. The molecule has 2 aromatic rings. The van der Waals surface area contributed by atoms with Crippen LogP contribution in [0.1, 0.15) is 26.3 Å². The van der Waals surface area contributed by atoms with E-state index in [2.05, 4.69) is 31.1 Å². The molecule has 0 spiro atoms. The maximum absolute atomic E-state index is 13.8. The summed E-state index contributed by atoms with van der Waals surface area (Å²) in [4.78, 5) is 4.82. The van der Waals surface area contributed by atoms with Crippen LogP contribution in [0.25, 0.3) is 0 Å². The Bertz CT molecular complexity index is 634. The molecule has 0 atom stereocenters. The van der Waals surface area contributed by atoms with Gasteiger partial charge < -0.3 is 5.32 Å². The minimum atomic E-state index is -0.692. The van der Waals surface area contributed by atoms with Crippen LogP contribution in [-0.4, -0.2) is 12.0 Å². The number of nitrogens with zero attached hydrogens (tertiary/aromatic N) is 1. The lowest BCUT2D eigenvalue weighted by Gasteiger charge is -2.19. The molecule has 0 saturated heterocycles. The minimum absolute atomic E-state index is 0.0465. The van der Waals surface area contributed by atoms with Crippen molar-refractivity contribution in [1.29, 1.82) is 0 Å². The fourth-order valence-corrected chi connectivity index (χ4v) is 2.62. The molecule has 5 heteroatoms. The third kappa shape index (κ3) is 3.73. The third-order valence-electron chi connectivity index (χ3n) is 3.07. The highest BCUT2D eigenvalue weighted by Gasteiger charge is 2.15. The van der Waals surface area contributed by atoms with Crippen LogP contribution in [0.15, 0.2) is 40.3 Å². The monoisotopic (exact) mass is 308 g/mol. The number of hydrogen-bond acceptors (Lipinski definition) is 3. The maximum atomic E-state index is 13.8. The Morgan fingerprint density at radius 2 is 1.67 bits per heavy atom. The van der Waals surface area contributed by atoms with E-state index in [4.69, 9.17) is 0 Å². The first kappa shape index (κ1) is 15.8. The van der Waals surface area contributed by atoms with Crippen molar-refractivity contribution in [3.8, 4) is 0 Å². The van der Waals surface area contributed by atoms with Gasteiger partial charge in [-0.15, -0.1) is 0 Å². The Hall–Kier alpha value is -1.62. The van der Waals surface area contributed by atoms with Gasteiger partial charge in [0, 0.05) is 18.0 Å². The molecule has 2 rings (SSSR count). The van der Waals surface area contributed by atoms with E-state index in [1.807, 2.05) is 24.3 Å². The lowest BCUT2D eigenvalue weighted by Crippen LogP contribution is -2.10. The van der Waals surface area contributed by atoms with E-state index in [1.165, 1.54) is 17.3 Å². The number of hydrogen-bond donors (Lipinski definition) is 1. The van der Waals surface area contributed by atoms with E-state index in [9.17, 15) is 8.78 Å². The van der Waals surface area contributed by atoms with Crippen molar-refractivity contribution < 1.29 is 8.78 Å². The summed E-state index contributed by atoms with van der Waals surface area (Å²) in [6, 6.07) is 8.74. The van der Waals surface area contributed by atoms with Crippen molar-refractivity contribution in [2.24, 2.45) is 0 Å². The number of aromatic nitrogens is 1. The highest BCUT2D eigenvalue weighted by molar-refractivity contribution is 7.99. The van der Waals surface area contributed by atoms with Crippen LogP contribution in [0, 0.1) is 11.6 Å². The van der Waals surface area contributed by atoms with Gasteiger partial charge in [0.25, 0.3) is 0 Å². The minimum Gasteiger partial charge on any atom is -0.371 e. The summed E-state index contributed by atoms with van der Waals surface area (Å²) >= 11 is 1.18. The molecule has 0 bridgehead atoms. The van der Waals surface area contributed by atoms with Gasteiger partial charge in [0.2, 0.25) is 0 Å². The molecule has 0 aliphatic rings. The van der Waals surface area contributed by atoms with Gasteiger partial charge in [-0.1, -0.05) is 44.7 Å². The van der Waals surface area contributed by atoms with E-state index < -0.39 is 11.6 Å². The largest absolute Gasteiger partial charge is 0.371 e. The van der Waals surface area contributed by atoms with Crippen molar-refractivity contribution >= 4 is 17.6 Å². The van der Waals surface area contributed by atoms with Crippen molar-refractivity contribution in [2.45, 2.75) is 36.1 Å². The van der Waals surface area contributed by atoms with Gasteiger partial charge in [0.05, 0.1) is 0 Å². The van der Waals surface area contributed by atoms with E-state index in [0.717, 1.165) is 11.0 Å². The lowest BCUT2D eigenvalue weighted by atomic mass is 9.87. The molecule has 0 amide bonds. The predicted molar refractivity (Wildman–Crippen MR) is 83.0 cm³/mol. The molecule has 0 fully saturated rings. The Kier molecular flexibility index (Phi) is 4.52. The topological polar surface area (TPSA) is 24.9 Å². The summed E-state index contributed by atoms with van der Waals surface area (Å²) in [5.74, 6) is -1.30. The zero-order valence-electron chi connectivity index (χ0n) is 12.5. The molecule has 0 radical (unpaired) electrons. The van der Waals surface area contributed by atoms with E-state index >= 15 is 0 Å². The molecule has 2 nitrogen and oxygen atoms in total. The highest BCUT2D eigenvalue weighted by Crippen LogP contribution is 2.32. The van der Waals surface area contributed by atoms with Crippen molar-refractivity contribution in [1.82, 2.24) is 4.98 Å². The summed E-state index contributed by atoms with van der Waals surface area (Å²) < 4.78 is 27.1. The van der Waals surface area contributed by atoms with Crippen molar-refractivity contribution in [3.05, 3.63) is 47.5 Å². The zero-order chi connectivity index (χ0) is 15.6. The van der Waals surface area contributed by atoms with Crippen molar-refractivity contribution in [2.75, 3.05) is 12.4 Å². The fourth-order valence-electron chi connectivity index (χ4n) is 1.83. The molecule has 0 aliphatic carbocycles. The van der Waals surface area contributed by atoms with Gasteiger partial charge in [-0.25, -0.2) is 13.8 Å². The van der Waals surface area contributed by atoms with Crippen LogP contribution >= 0.6 is 11.8 Å². The average Bonchev–Trinajstić information content (AvgIpc) is 2.41. The molecule has 1 aromatic carbocycles. The molecule has 1 heterocycles. The summed E-state index contributed by atoms with van der Waals surface area (Å²) in [6.07, 6.45) is 0. The first-order valence-electron chi connectivity index (χ1n) is 6.63. The number of nitrogens with one attached hydrogen (secondary N) is 1. The standard InChI is InChI=1S/C16H18F2N2S/c1-16(2,3)10-5-7-11(8-6-10)21-15-13(18)9-12(17)14(19-4)20-15/h5-9H,1-4H3,(H,19,20). The summed E-state index contributed by atoms with van der Waals surface area (Å²) in [7, 11) is 1.55. The molecule has 21 heavy (non-hydrogen) atoms. The van der Waals surface area contributed by atoms with E-state index in [-0.39, 0.29) is 16.3 Å². The molecule has 1 N–H and O–H groups in total. The first-order valence-corrected chi connectivity index (χ1v) is 7.45. The average molecular weight is 308 g/mol. The summed E-state index contributed by atoms with van der Waals surface area (Å²) in [5, 5.41) is 2.77. The van der Waals surface area contributed by atoms with Gasteiger partial charge in [-0.2, -0.15) is 0 Å². The van der Waals surface area contributed by atoms with Crippen LogP contribution in [0.3, 0.4) is 0 Å².